The Morgan fingerprint density at radius 3 is 2.68 bits per heavy atom. The fraction of sp³-hybridized carbons (Fsp3) is 0.312. The summed E-state index contributed by atoms with van der Waals surface area (Å²) in [6, 6.07) is 7.33. The van der Waals surface area contributed by atoms with Gasteiger partial charge in [0.25, 0.3) is 5.91 Å². The molecule has 2 N–H and O–H groups in total. The van der Waals surface area contributed by atoms with Crippen molar-refractivity contribution >= 4 is 17.4 Å². The van der Waals surface area contributed by atoms with Crippen LogP contribution in [0.3, 0.4) is 0 Å². The van der Waals surface area contributed by atoms with Crippen molar-refractivity contribution in [1.82, 2.24) is 15.3 Å². The second-order valence-electron chi connectivity index (χ2n) is 5.13. The van der Waals surface area contributed by atoms with Gasteiger partial charge < -0.3 is 15.4 Å². The van der Waals surface area contributed by atoms with Crippen LogP contribution < -0.4 is 15.4 Å². The highest BCUT2D eigenvalue weighted by Crippen LogP contribution is 2.26. The van der Waals surface area contributed by atoms with Crippen molar-refractivity contribution in [3.05, 3.63) is 41.9 Å². The van der Waals surface area contributed by atoms with Gasteiger partial charge in [0, 0.05) is 6.04 Å². The minimum absolute atomic E-state index is 0.0661. The van der Waals surface area contributed by atoms with Gasteiger partial charge in [0.05, 0.1) is 24.6 Å². The summed E-state index contributed by atoms with van der Waals surface area (Å²) in [6.45, 7) is 5.64. The molecule has 1 aromatic carbocycles. The van der Waals surface area contributed by atoms with Crippen LogP contribution in [-0.4, -0.2) is 29.0 Å². The monoisotopic (exact) mass is 300 g/mol. The molecule has 2 rings (SSSR count). The number of rotatable bonds is 5. The number of nitrogens with one attached hydrogen (secondary N) is 2. The van der Waals surface area contributed by atoms with Gasteiger partial charge in [0.2, 0.25) is 0 Å². The number of carbonyl (C=O) groups is 1. The molecule has 0 saturated heterocycles. The maximum absolute atomic E-state index is 12.3. The third-order valence-electron chi connectivity index (χ3n) is 2.94. The Morgan fingerprint density at radius 1 is 1.27 bits per heavy atom. The summed E-state index contributed by atoms with van der Waals surface area (Å²) >= 11 is 0. The van der Waals surface area contributed by atoms with Crippen LogP contribution in [-0.2, 0) is 0 Å². The zero-order valence-electron chi connectivity index (χ0n) is 13.2. The van der Waals surface area contributed by atoms with Gasteiger partial charge in [-0.05, 0) is 32.9 Å². The molecule has 6 nitrogen and oxygen atoms in total. The van der Waals surface area contributed by atoms with E-state index in [0.29, 0.717) is 28.6 Å². The highest BCUT2D eigenvalue weighted by Gasteiger charge is 2.14. The number of amides is 1. The van der Waals surface area contributed by atoms with Crippen molar-refractivity contribution in [3.63, 3.8) is 0 Å². The molecule has 0 bridgehead atoms. The molecule has 2 aromatic rings. The van der Waals surface area contributed by atoms with Crippen molar-refractivity contribution < 1.29 is 9.53 Å². The predicted octanol–water partition coefficient (Wildman–Crippen LogP) is 2.68. The summed E-state index contributed by atoms with van der Waals surface area (Å²) in [6.07, 6.45) is 1.60. The Bertz CT molecular complexity index is 671. The average molecular weight is 300 g/mol. The number of ether oxygens (including phenoxy) is 1. The van der Waals surface area contributed by atoms with Crippen molar-refractivity contribution in [2.45, 2.75) is 26.8 Å². The molecule has 0 aliphatic heterocycles. The standard InChI is InChI=1S/C16H20N4O2/c1-10(2)18-16(21)12-7-5-6-8-13(12)20-15-14(22-4)9-17-11(3)19-15/h5-10H,1-4H3,(H,18,21)(H,17,19,20). The Kier molecular flexibility index (Phi) is 4.93. The van der Waals surface area contributed by atoms with Crippen LogP contribution in [0.5, 0.6) is 5.75 Å². The Balaban J connectivity index is 2.34. The van der Waals surface area contributed by atoms with Gasteiger partial charge in [-0.1, -0.05) is 12.1 Å². The van der Waals surface area contributed by atoms with Crippen LogP contribution in [0.1, 0.15) is 30.0 Å². The minimum Gasteiger partial charge on any atom is -0.491 e. The largest absolute Gasteiger partial charge is 0.491 e. The summed E-state index contributed by atoms with van der Waals surface area (Å²) in [7, 11) is 1.55. The molecule has 0 fully saturated rings. The van der Waals surface area contributed by atoms with Crippen molar-refractivity contribution in [2.24, 2.45) is 0 Å². The fourth-order valence-corrected chi connectivity index (χ4v) is 1.96. The maximum Gasteiger partial charge on any atom is 0.253 e. The Labute approximate surface area is 129 Å². The van der Waals surface area contributed by atoms with Crippen LogP contribution in [0, 0.1) is 6.92 Å². The number of aryl methyl sites for hydroxylation is 1. The van der Waals surface area contributed by atoms with E-state index in [1.807, 2.05) is 32.0 Å². The molecular formula is C16H20N4O2. The van der Waals surface area contributed by atoms with Crippen LogP contribution in [0.4, 0.5) is 11.5 Å². The lowest BCUT2D eigenvalue weighted by Crippen LogP contribution is -2.30. The molecule has 1 heterocycles. The van der Waals surface area contributed by atoms with E-state index in [0.717, 1.165) is 0 Å². The number of nitrogens with zero attached hydrogens (tertiary/aromatic N) is 2. The summed E-state index contributed by atoms with van der Waals surface area (Å²) in [5.74, 6) is 1.53. The molecule has 0 aliphatic rings. The third-order valence-corrected chi connectivity index (χ3v) is 2.94. The number of methoxy groups -OCH3 is 1. The molecule has 0 atom stereocenters. The first-order valence-corrected chi connectivity index (χ1v) is 7.05. The summed E-state index contributed by atoms with van der Waals surface area (Å²) in [5, 5.41) is 6.03. The second kappa shape index (κ2) is 6.89. The lowest BCUT2D eigenvalue weighted by molar-refractivity contribution is 0.0944. The van der Waals surface area contributed by atoms with E-state index < -0.39 is 0 Å². The Morgan fingerprint density at radius 2 is 2.00 bits per heavy atom. The van der Waals surface area contributed by atoms with Crippen molar-refractivity contribution in [2.75, 3.05) is 12.4 Å². The van der Waals surface area contributed by atoms with Gasteiger partial charge in [0.15, 0.2) is 11.6 Å². The molecule has 0 radical (unpaired) electrons. The lowest BCUT2D eigenvalue weighted by atomic mass is 10.1. The number of para-hydroxylation sites is 1. The highest BCUT2D eigenvalue weighted by molar-refractivity contribution is 6.00. The number of hydrogen-bond acceptors (Lipinski definition) is 5. The first-order valence-electron chi connectivity index (χ1n) is 7.05. The number of hydrogen-bond donors (Lipinski definition) is 2. The van der Waals surface area contributed by atoms with Gasteiger partial charge in [-0.2, -0.15) is 0 Å². The first-order chi connectivity index (χ1) is 10.5. The molecule has 22 heavy (non-hydrogen) atoms. The van der Waals surface area contributed by atoms with Crippen LogP contribution >= 0.6 is 0 Å². The molecule has 0 unspecified atom stereocenters. The molecule has 1 amide bonds. The summed E-state index contributed by atoms with van der Waals surface area (Å²) in [5.41, 5.74) is 1.21. The van der Waals surface area contributed by atoms with Gasteiger partial charge in [-0.3, -0.25) is 4.79 Å². The number of aromatic nitrogens is 2. The first kappa shape index (κ1) is 15.8. The Hall–Kier alpha value is -2.63. The van der Waals surface area contributed by atoms with Gasteiger partial charge >= 0.3 is 0 Å². The third kappa shape index (κ3) is 3.72. The summed E-state index contributed by atoms with van der Waals surface area (Å²) in [4.78, 5) is 20.7. The maximum atomic E-state index is 12.3. The molecule has 0 saturated carbocycles. The topological polar surface area (TPSA) is 76.1 Å². The predicted molar refractivity (Wildman–Crippen MR) is 85.6 cm³/mol. The SMILES string of the molecule is COc1cnc(C)nc1Nc1ccccc1C(=O)NC(C)C. The van der Waals surface area contributed by atoms with E-state index in [4.69, 9.17) is 4.74 Å². The van der Waals surface area contributed by atoms with Crippen molar-refractivity contribution in [1.29, 1.82) is 0 Å². The fourth-order valence-electron chi connectivity index (χ4n) is 1.96. The van der Waals surface area contributed by atoms with E-state index >= 15 is 0 Å². The average Bonchev–Trinajstić information content (AvgIpc) is 2.47. The molecule has 116 valence electrons. The number of benzene rings is 1. The molecule has 1 aromatic heterocycles. The number of carbonyl (C=O) groups excluding carboxylic acids is 1. The molecule has 0 spiro atoms. The van der Waals surface area contributed by atoms with Crippen LogP contribution in [0.25, 0.3) is 0 Å². The van der Waals surface area contributed by atoms with E-state index in [1.54, 1.807) is 26.3 Å². The van der Waals surface area contributed by atoms with E-state index in [2.05, 4.69) is 20.6 Å². The number of anilines is 2. The molecular weight excluding hydrogens is 280 g/mol. The normalized spacial score (nSPS) is 10.4. The van der Waals surface area contributed by atoms with Gasteiger partial charge in [0.1, 0.15) is 5.82 Å². The zero-order chi connectivity index (χ0) is 16.1. The van der Waals surface area contributed by atoms with E-state index in [1.165, 1.54) is 0 Å². The van der Waals surface area contributed by atoms with Crippen molar-refractivity contribution in [3.8, 4) is 5.75 Å². The van der Waals surface area contributed by atoms with Gasteiger partial charge in [-0.25, -0.2) is 9.97 Å². The van der Waals surface area contributed by atoms with E-state index in [-0.39, 0.29) is 11.9 Å². The second-order valence-corrected chi connectivity index (χ2v) is 5.13. The zero-order valence-corrected chi connectivity index (χ0v) is 13.2. The molecule has 0 aliphatic carbocycles. The minimum atomic E-state index is -0.136. The van der Waals surface area contributed by atoms with Crippen LogP contribution in [0.2, 0.25) is 0 Å². The summed E-state index contributed by atoms with van der Waals surface area (Å²) < 4.78 is 5.25. The highest BCUT2D eigenvalue weighted by atomic mass is 16.5. The van der Waals surface area contributed by atoms with Gasteiger partial charge in [-0.15, -0.1) is 0 Å². The van der Waals surface area contributed by atoms with Crippen LogP contribution in [0.15, 0.2) is 30.5 Å². The smallest absolute Gasteiger partial charge is 0.253 e. The van der Waals surface area contributed by atoms with E-state index in [9.17, 15) is 4.79 Å². The quantitative estimate of drug-likeness (QED) is 0.888. The molecule has 6 heteroatoms. The lowest BCUT2D eigenvalue weighted by Gasteiger charge is -2.15.